The molecule has 3 rings (SSSR count). The number of rotatable bonds is 2. The Bertz CT molecular complexity index is 431. The van der Waals surface area contributed by atoms with E-state index >= 15 is 0 Å². The summed E-state index contributed by atoms with van der Waals surface area (Å²) in [5, 5.41) is 0. The minimum Gasteiger partial charge on any atom is -0.326 e. The lowest BCUT2D eigenvalue weighted by Gasteiger charge is -2.27. The van der Waals surface area contributed by atoms with Crippen LogP contribution in [0.1, 0.15) is 30.9 Å². The lowest BCUT2D eigenvalue weighted by molar-refractivity contribution is 0.236. The molecule has 2 atom stereocenters. The summed E-state index contributed by atoms with van der Waals surface area (Å²) in [7, 11) is 0. The summed E-state index contributed by atoms with van der Waals surface area (Å²) < 4.78 is 26.2. The molecule has 1 aromatic carbocycles. The highest BCUT2D eigenvalue weighted by Crippen LogP contribution is 2.40. The SMILES string of the molecule is N[C@H]1CCN(C2CC2)[C@@H]1c1ccc(F)c(F)c1. The first kappa shape index (κ1) is 11.1. The molecule has 1 heterocycles. The van der Waals surface area contributed by atoms with Gasteiger partial charge in [-0.15, -0.1) is 0 Å². The van der Waals surface area contributed by atoms with Crippen LogP contribution >= 0.6 is 0 Å². The van der Waals surface area contributed by atoms with Gasteiger partial charge in [0.05, 0.1) is 6.04 Å². The maximum atomic E-state index is 13.3. The van der Waals surface area contributed by atoms with Gasteiger partial charge in [-0.3, -0.25) is 4.90 Å². The maximum Gasteiger partial charge on any atom is 0.159 e. The van der Waals surface area contributed by atoms with Crippen molar-refractivity contribution < 1.29 is 8.78 Å². The Morgan fingerprint density at radius 2 is 1.88 bits per heavy atom. The Morgan fingerprint density at radius 1 is 1.12 bits per heavy atom. The molecule has 1 aliphatic heterocycles. The van der Waals surface area contributed by atoms with E-state index in [2.05, 4.69) is 4.90 Å². The molecule has 0 amide bonds. The highest BCUT2D eigenvalue weighted by atomic mass is 19.2. The van der Waals surface area contributed by atoms with Gasteiger partial charge in [0.1, 0.15) is 0 Å². The molecule has 1 saturated heterocycles. The molecular weight excluding hydrogens is 222 g/mol. The van der Waals surface area contributed by atoms with Crippen LogP contribution in [0.3, 0.4) is 0 Å². The molecule has 0 radical (unpaired) electrons. The van der Waals surface area contributed by atoms with E-state index in [1.54, 1.807) is 6.07 Å². The third-order valence-electron chi connectivity index (χ3n) is 3.78. The highest BCUT2D eigenvalue weighted by Gasteiger charge is 2.41. The lowest BCUT2D eigenvalue weighted by atomic mass is 10.0. The zero-order valence-corrected chi connectivity index (χ0v) is 9.57. The average molecular weight is 238 g/mol. The summed E-state index contributed by atoms with van der Waals surface area (Å²) in [6.45, 7) is 0.968. The van der Waals surface area contributed by atoms with Gasteiger partial charge in [-0.2, -0.15) is 0 Å². The number of nitrogens with two attached hydrogens (primary N) is 1. The predicted molar refractivity (Wildman–Crippen MR) is 61.4 cm³/mol. The lowest BCUT2D eigenvalue weighted by Crippen LogP contribution is -2.33. The molecule has 0 aromatic heterocycles. The van der Waals surface area contributed by atoms with Gasteiger partial charge >= 0.3 is 0 Å². The average Bonchev–Trinajstić information content (AvgIpc) is 3.07. The summed E-state index contributed by atoms with van der Waals surface area (Å²) in [6.07, 6.45) is 3.33. The van der Waals surface area contributed by atoms with Crippen molar-refractivity contribution in [3.8, 4) is 0 Å². The Balaban J connectivity index is 1.91. The van der Waals surface area contributed by atoms with E-state index in [-0.39, 0.29) is 12.1 Å². The van der Waals surface area contributed by atoms with E-state index in [0.717, 1.165) is 18.5 Å². The molecule has 2 nitrogen and oxygen atoms in total. The first-order chi connectivity index (χ1) is 8.16. The van der Waals surface area contributed by atoms with Crippen molar-refractivity contribution in [3.05, 3.63) is 35.4 Å². The largest absolute Gasteiger partial charge is 0.326 e. The van der Waals surface area contributed by atoms with Crippen LogP contribution in [0.15, 0.2) is 18.2 Å². The zero-order valence-electron chi connectivity index (χ0n) is 9.57. The second kappa shape index (κ2) is 4.03. The van der Waals surface area contributed by atoms with Crippen LogP contribution in [0.5, 0.6) is 0 Å². The van der Waals surface area contributed by atoms with Gasteiger partial charge in [0.15, 0.2) is 11.6 Å². The molecule has 92 valence electrons. The summed E-state index contributed by atoms with van der Waals surface area (Å²) in [5.74, 6) is -1.57. The standard InChI is InChI=1S/C13H16F2N2/c14-10-4-1-8(7-11(10)15)13-12(16)5-6-17(13)9-2-3-9/h1,4,7,9,12-13H,2-3,5-6,16H2/t12-,13+/m0/s1. The van der Waals surface area contributed by atoms with Crippen LogP contribution < -0.4 is 5.73 Å². The molecule has 1 aliphatic carbocycles. The van der Waals surface area contributed by atoms with Crippen molar-refractivity contribution in [2.24, 2.45) is 5.73 Å². The fourth-order valence-electron chi connectivity index (χ4n) is 2.79. The third-order valence-corrected chi connectivity index (χ3v) is 3.78. The van der Waals surface area contributed by atoms with Crippen molar-refractivity contribution in [2.75, 3.05) is 6.54 Å². The second-order valence-corrected chi connectivity index (χ2v) is 5.04. The fraction of sp³-hybridized carbons (Fsp3) is 0.538. The van der Waals surface area contributed by atoms with Crippen LogP contribution in [0.4, 0.5) is 8.78 Å². The minimum absolute atomic E-state index is 0.0282. The zero-order chi connectivity index (χ0) is 12.0. The molecule has 1 saturated carbocycles. The fourth-order valence-corrected chi connectivity index (χ4v) is 2.79. The minimum atomic E-state index is -0.793. The van der Waals surface area contributed by atoms with Gasteiger partial charge in [-0.25, -0.2) is 8.78 Å². The normalized spacial score (nSPS) is 29.8. The molecule has 4 heteroatoms. The van der Waals surface area contributed by atoms with Crippen LogP contribution in [0.25, 0.3) is 0 Å². The van der Waals surface area contributed by atoms with Gasteiger partial charge in [0.2, 0.25) is 0 Å². The second-order valence-electron chi connectivity index (χ2n) is 5.04. The Labute approximate surface area is 99.4 Å². The van der Waals surface area contributed by atoms with E-state index in [0.29, 0.717) is 6.04 Å². The predicted octanol–water partition coefficient (Wildman–Crippen LogP) is 2.20. The maximum absolute atomic E-state index is 13.3. The van der Waals surface area contributed by atoms with E-state index in [4.69, 9.17) is 5.73 Å². The first-order valence-corrected chi connectivity index (χ1v) is 6.13. The van der Waals surface area contributed by atoms with Crippen LogP contribution in [-0.4, -0.2) is 23.5 Å². The van der Waals surface area contributed by atoms with Crippen molar-refractivity contribution in [1.29, 1.82) is 0 Å². The molecule has 0 bridgehead atoms. The number of benzene rings is 1. The van der Waals surface area contributed by atoms with E-state index < -0.39 is 11.6 Å². The molecular formula is C13H16F2N2. The van der Waals surface area contributed by atoms with Crippen molar-refractivity contribution in [3.63, 3.8) is 0 Å². The smallest absolute Gasteiger partial charge is 0.159 e. The van der Waals surface area contributed by atoms with Gasteiger partial charge in [0.25, 0.3) is 0 Å². The van der Waals surface area contributed by atoms with Crippen molar-refractivity contribution in [1.82, 2.24) is 4.90 Å². The number of hydrogen-bond donors (Lipinski definition) is 1. The molecule has 17 heavy (non-hydrogen) atoms. The molecule has 2 aliphatic rings. The number of hydrogen-bond acceptors (Lipinski definition) is 2. The summed E-state index contributed by atoms with van der Waals surface area (Å²) >= 11 is 0. The summed E-state index contributed by atoms with van der Waals surface area (Å²) in [4.78, 5) is 2.34. The summed E-state index contributed by atoms with van der Waals surface area (Å²) in [5.41, 5.74) is 6.90. The van der Waals surface area contributed by atoms with Crippen LogP contribution in [0.2, 0.25) is 0 Å². The van der Waals surface area contributed by atoms with E-state index in [1.807, 2.05) is 0 Å². The Hall–Kier alpha value is -1.00. The van der Waals surface area contributed by atoms with E-state index in [9.17, 15) is 8.78 Å². The van der Waals surface area contributed by atoms with Gasteiger partial charge in [-0.05, 0) is 37.0 Å². The van der Waals surface area contributed by atoms with Crippen LogP contribution in [0, 0.1) is 11.6 Å². The monoisotopic (exact) mass is 238 g/mol. The third kappa shape index (κ3) is 1.96. The van der Waals surface area contributed by atoms with Gasteiger partial charge < -0.3 is 5.73 Å². The summed E-state index contributed by atoms with van der Waals surface area (Å²) in [6, 6.07) is 4.82. The van der Waals surface area contributed by atoms with E-state index in [1.165, 1.54) is 25.0 Å². The van der Waals surface area contributed by atoms with Crippen LogP contribution in [-0.2, 0) is 0 Å². The molecule has 2 fully saturated rings. The first-order valence-electron chi connectivity index (χ1n) is 6.13. The van der Waals surface area contributed by atoms with Gasteiger partial charge in [-0.1, -0.05) is 6.07 Å². The highest BCUT2D eigenvalue weighted by molar-refractivity contribution is 5.25. The topological polar surface area (TPSA) is 29.3 Å². The Morgan fingerprint density at radius 3 is 2.53 bits per heavy atom. The van der Waals surface area contributed by atoms with Gasteiger partial charge in [0, 0.05) is 18.6 Å². The number of nitrogens with zero attached hydrogens (tertiary/aromatic N) is 1. The number of likely N-dealkylation sites (tertiary alicyclic amines) is 1. The molecule has 0 spiro atoms. The van der Waals surface area contributed by atoms with Crippen molar-refractivity contribution >= 4 is 0 Å². The molecule has 2 N–H and O–H groups in total. The molecule has 1 aromatic rings. The Kier molecular flexibility index (Phi) is 2.64. The van der Waals surface area contributed by atoms with Crippen molar-refractivity contribution in [2.45, 2.75) is 37.4 Å². The quantitative estimate of drug-likeness (QED) is 0.855. The number of halogens is 2. The molecule has 0 unspecified atom stereocenters.